The summed E-state index contributed by atoms with van der Waals surface area (Å²) in [4.78, 5) is 120. The summed E-state index contributed by atoms with van der Waals surface area (Å²) < 4.78 is 18.0. The Kier molecular flexibility index (Phi) is 21.9. The largest absolute Gasteiger partial charge is 0.451 e. The van der Waals surface area contributed by atoms with E-state index in [1.807, 2.05) is 67.5 Å². The number of cyclic esters (lactones) is 3. The van der Waals surface area contributed by atoms with Gasteiger partial charge in [-0.25, -0.2) is 14.4 Å². The Bertz CT molecular complexity index is 1860. The van der Waals surface area contributed by atoms with Crippen LogP contribution in [0.3, 0.4) is 0 Å². The van der Waals surface area contributed by atoms with E-state index >= 15 is 0 Å². The molecule has 68 heavy (non-hydrogen) atoms. The summed E-state index contributed by atoms with van der Waals surface area (Å²) >= 11 is 0. The summed E-state index contributed by atoms with van der Waals surface area (Å²) in [5, 5.41) is 0. The van der Waals surface area contributed by atoms with Crippen LogP contribution in [0.1, 0.15) is 112 Å². The molecule has 0 aromatic heterocycles. The van der Waals surface area contributed by atoms with Crippen molar-refractivity contribution >= 4 is 47.3 Å². The monoisotopic (exact) mass is 947 g/mol. The number of benzene rings is 2. The first-order chi connectivity index (χ1) is 31.8. The van der Waals surface area contributed by atoms with Gasteiger partial charge in [-0.15, -0.1) is 0 Å². The Hall–Kier alpha value is -5.60. The van der Waals surface area contributed by atoms with Crippen LogP contribution in [0.4, 0.5) is 0 Å². The molecule has 0 saturated carbocycles. The van der Waals surface area contributed by atoms with Crippen molar-refractivity contribution in [3.63, 3.8) is 0 Å². The maximum absolute atomic E-state index is 14.7. The van der Waals surface area contributed by atoms with Crippen LogP contribution in [0.25, 0.3) is 0 Å². The Morgan fingerprint density at radius 3 is 1.12 bits per heavy atom. The summed E-state index contributed by atoms with van der Waals surface area (Å²) in [7, 11) is 5.76. The Morgan fingerprint density at radius 1 is 0.441 bits per heavy atom. The molecule has 0 bridgehead atoms. The normalized spacial score (nSPS) is 25.3. The topological polar surface area (TPSA) is 177 Å². The van der Waals surface area contributed by atoms with E-state index in [1.165, 1.54) is 49.8 Å². The first-order valence-electron chi connectivity index (χ1n) is 24.1. The van der Waals surface area contributed by atoms with Crippen molar-refractivity contribution in [1.29, 1.82) is 0 Å². The number of ketones is 1. The van der Waals surface area contributed by atoms with E-state index in [-0.39, 0.29) is 68.6 Å². The maximum Gasteiger partial charge on any atom is 0.329 e. The van der Waals surface area contributed by atoms with Crippen molar-refractivity contribution in [2.24, 2.45) is 29.6 Å². The number of nitrogens with zero attached hydrogens (tertiary/aromatic N) is 4. The van der Waals surface area contributed by atoms with Crippen LogP contribution in [0, 0.1) is 29.6 Å². The van der Waals surface area contributed by atoms with Gasteiger partial charge in [0.05, 0.1) is 6.04 Å². The van der Waals surface area contributed by atoms with Crippen LogP contribution in [0.5, 0.6) is 0 Å². The molecule has 8 unspecified atom stereocenters. The molecule has 8 atom stereocenters. The zero-order chi connectivity index (χ0) is 51.2. The number of hydrogen-bond acceptors (Lipinski definition) is 11. The Morgan fingerprint density at radius 2 is 0.750 bits per heavy atom. The van der Waals surface area contributed by atoms with Gasteiger partial charge in [0.15, 0.2) is 24.1 Å². The molecule has 1 saturated heterocycles. The third kappa shape index (κ3) is 16.3. The lowest BCUT2D eigenvalue weighted by molar-refractivity contribution is -0.174. The minimum Gasteiger partial charge on any atom is -0.451 e. The number of Topliss-reactive ketones (excluding diaryl/α,β-unsaturated/α-hetero) is 1. The van der Waals surface area contributed by atoms with Crippen molar-refractivity contribution < 1.29 is 52.6 Å². The van der Waals surface area contributed by atoms with Crippen LogP contribution in [0.15, 0.2) is 60.7 Å². The number of ether oxygens (including phenoxy) is 3. The van der Waals surface area contributed by atoms with E-state index in [9.17, 15) is 38.4 Å². The number of hydrogen-bond donors (Lipinski definition) is 0. The number of carbonyl (C=O) groups is 8. The van der Waals surface area contributed by atoms with Crippen LogP contribution in [-0.2, 0) is 65.4 Å². The lowest BCUT2D eigenvalue weighted by Gasteiger charge is -2.35. The fraction of sp³-hybridized carbons (Fsp3) is 0.623. The molecule has 3 rings (SSSR count). The SMILES string of the molecule is CC(C)CC1C(=O)OC(Cc2ccccc2)C(=O)N(C)C(CC(C)C)C(=O)OC(C)C(=O)N(C)C(CC(C)C)C(=O)OC(Cc2ccccc2)C(=O)N(C)C(CC(C)C)C(=O)CC(C)C(=O)N1C. The van der Waals surface area contributed by atoms with E-state index < -0.39 is 95.7 Å². The summed E-state index contributed by atoms with van der Waals surface area (Å²) in [6.07, 6.45) is -4.01. The Labute approximate surface area is 404 Å². The number of carbonyl (C=O) groups excluding carboxylic acids is 8. The van der Waals surface area contributed by atoms with Crippen molar-refractivity contribution in [2.45, 2.75) is 157 Å². The highest BCUT2D eigenvalue weighted by Gasteiger charge is 2.42. The fourth-order valence-electron chi connectivity index (χ4n) is 8.51. The summed E-state index contributed by atoms with van der Waals surface area (Å²) in [5.41, 5.74) is 1.35. The van der Waals surface area contributed by atoms with Crippen molar-refractivity contribution in [1.82, 2.24) is 19.6 Å². The number of amides is 4. The number of rotatable bonds is 12. The molecule has 0 spiro atoms. The molecule has 15 heteroatoms. The molecule has 0 N–H and O–H groups in total. The van der Waals surface area contributed by atoms with E-state index in [0.29, 0.717) is 11.1 Å². The first-order valence-corrected chi connectivity index (χ1v) is 24.1. The molecule has 15 nitrogen and oxygen atoms in total. The van der Waals surface area contributed by atoms with Crippen LogP contribution in [0.2, 0.25) is 0 Å². The lowest BCUT2D eigenvalue weighted by atomic mass is 9.91. The predicted octanol–water partition coefficient (Wildman–Crippen LogP) is 6.33. The molecule has 1 heterocycles. The van der Waals surface area contributed by atoms with Gasteiger partial charge in [0, 0.05) is 53.4 Å². The van der Waals surface area contributed by atoms with Crippen LogP contribution >= 0.6 is 0 Å². The van der Waals surface area contributed by atoms with Gasteiger partial charge in [0.2, 0.25) is 5.91 Å². The summed E-state index contributed by atoms with van der Waals surface area (Å²) in [6, 6.07) is 13.3. The van der Waals surface area contributed by atoms with Gasteiger partial charge in [-0.1, -0.05) is 123 Å². The average Bonchev–Trinajstić information content (AvgIpc) is 3.28. The second kappa shape index (κ2) is 26.2. The highest BCUT2D eigenvalue weighted by molar-refractivity contribution is 5.96. The third-order valence-corrected chi connectivity index (χ3v) is 12.4. The van der Waals surface area contributed by atoms with Crippen molar-refractivity contribution in [3.8, 4) is 0 Å². The second-order valence-electron chi connectivity index (χ2n) is 20.3. The van der Waals surface area contributed by atoms with Gasteiger partial charge in [0.1, 0.15) is 18.1 Å². The van der Waals surface area contributed by atoms with Crippen LogP contribution in [-0.4, -0.2) is 138 Å². The zero-order valence-electron chi connectivity index (χ0n) is 42.9. The fourth-order valence-corrected chi connectivity index (χ4v) is 8.51. The smallest absolute Gasteiger partial charge is 0.329 e. The molecule has 1 fully saturated rings. The quantitative estimate of drug-likeness (QED) is 0.172. The molecule has 1 aliphatic rings. The number of likely N-dealkylation sites (N-methyl/N-ethyl adjacent to an activating group) is 4. The minimum absolute atomic E-state index is 0.0406. The molecule has 2 aromatic rings. The average molecular weight is 947 g/mol. The van der Waals surface area contributed by atoms with E-state index in [2.05, 4.69) is 0 Å². The summed E-state index contributed by atoms with van der Waals surface area (Å²) in [6.45, 7) is 18.0. The first kappa shape index (κ1) is 56.7. The van der Waals surface area contributed by atoms with E-state index in [0.717, 1.165) is 4.90 Å². The van der Waals surface area contributed by atoms with Crippen LogP contribution < -0.4 is 0 Å². The highest BCUT2D eigenvalue weighted by Crippen LogP contribution is 2.25. The summed E-state index contributed by atoms with van der Waals surface area (Å²) in [5.74, 6) is -6.98. The third-order valence-electron chi connectivity index (χ3n) is 12.4. The molecule has 376 valence electrons. The standard InChI is InChI=1S/C53H78N4O11/c1-32(2)25-40-44(58)29-36(9)47(59)55(12)42(27-34(5)6)52(64)68-46(31-39-23-19-16-20-24-39)50(62)57(14)41(26-33(3)4)51(63)66-37(10)48(60)56(13)43(28-35(7)8)53(65)67-45(49(61)54(40)11)30-38-21-17-15-18-22-38/h15-24,32-37,40-43,45-46H,25-31H2,1-14H3. The van der Waals surface area contributed by atoms with Crippen molar-refractivity contribution in [3.05, 3.63) is 71.8 Å². The lowest BCUT2D eigenvalue weighted by Crippen LogP contribution is -2.54. The predicted molar refractivity (Wildman–Crippen MR) is 258 cm³/mol. The van der Waals surface area contributed by atoms with E-state index in [4.69, 9.17) is 14.2 Å². The molecule has 0 radical (unpaired) electrons. The molecule has 1 aliphatic heterocycles. The van der Waals surface area contributed by atoms with Gasteiger partial charge in [-0.3, -0.25) is 24.0 Å². The highest BCUT2D eigenvalue weighted by atomic mass is 16.6. The van der Waals surface area contributed by atoms with E-state index in [1.54, 1.807) is 55.5 Å². The maximum atomic E-state index is 14.7. The second-order valence-corrected chi connectivity index (χ2v) is 20.3. The molecule has 4 amide bonds. The van der Waals surface area contributed by atoms with Gasteiger partial charge in [-0.05, 0) is 67.4 Å². The molecular formula is C53H78N4O11. The molecule has 0 aliphatic carbocycles. The minimum atomic E-state index is -1.44. The zero-order valence-corrected chi connectivity index (χ0v) is 42.9. The van der Waals surface area contributed by atoms with Crippen molar-refractivity contribution in [2.75, 3.05) is 28.2 Å². The number of esters is 3. The van der Waals surface area contributed by atoms with Gasteiger partial charge in [0.25, 0.3) is 17.7 Å². The van der Waals surface area contributed by atoms with Gasteiger partial charge < -0.3 is 33.8 Å². The van der Waals surface area contributed by atoms with Gasteiger partial charge >= 0.3 is 17.9 Å². The molecular weight excluding hydrogens is 869 g/mol. The Balaban J connectivity index is 2.25. The van der Waals surface area contributed by atoms with Gasteiger partial charge in [-0.2, -0.15) is 0 Å². The molecule has 2 aromatic carbocycles.